The molecule has 0 aliphatic heterocycles. The van der Waals surface area contributed by atoms with Crippen LogP contribution in [0.2, 0.25) is 0 Å². The second-order valence-corrected chi connectivity index (χ2v) is 5.05. The molecule has 0 aromatic carbocycles. The molecule has 1 saturated carbocycles. The molecular formula is C14H22N2O2. The van der Waals surface area contributed by atoms with Crippen LogP contribution in [0.25, 0.3) is 0 Å². The van der Waals surface area contributed by atoms with Crippen molar-refractivity contribution >= 4 is 11.7 Å². The van der Waals surface area contributed by atoms with E-state index in [0.717, 1.165) is 18.0 Å². The van der Waals surface area contributed by atoms with Crippen molar-refractivity contribution in [2.45, 2.75) is 45.4 Å². The molecule has 0 amide bonds. The van der Waals surface area contributed by atoms with Crippen molar-refractivity contribution in [2.75, 3.05) is 12.3 Å². The van der Waals surface area contributed by atoms with Crippen molar-refractivity contribution in [3.05, 3.63) is 17.5 Å². The first-order chi connectivity index (χ1) is 8.70. The molecular weight excluding hydrogens is 228 g/mol. The molecule has 0 bridgehead atoms. The van der Waals surface area contributed by atoms with E-state index in [9.17, 15) is 4.79 Å². The monoisotopic (exact) mass is 250 g/mol. The maximum absolute atomic E-state index is 11.6. The molecule has 18 heavy (non-hydrogen) atoms. The van der Waals surface area contributed by atoms with Gasteiger partial charge in [-0.3, -0.25) is 0 Å². The standard InChI is InChI=1S/C14H22N2O2/c1-2-18-14(17)13-12(15)9-11(16-13)8-10-6-4-3-5-7-10/h9-10,16H,2-8,15H2,1H3. The van der Waals surface area contributed by atoms with E-state index >= 15 is 0 Å². The van der Waals surface area contributed by atoms with Gasteiger partial charge in [-0.2, -0.15) is 0 Å². The molecule has 4 nitrogen and oxygen atoms in total. The van der Waals surface area contributed by atoms with Gasteiger partial charge in [0.2, 0.25) is 0 Å². The van der Waals surface area contributed by atoms with Gasteiger partial charge in [-0.1, -0.05) is 32.1 Å². The fraction of sp³-hybridized carbons (Fsp3) is 0.643. The number of anilines is 1. The van der Waals surface area contributed by atoms with E-state index in [0.29, 0.717) is 18.0 Å². The smallest absolute Gasteiger partial charge is 0.356 e. The lowest BCUT2D eigenvalue weighted by atomic mass is 9.86. The van der Waals surface area contributed by atoms with E-state index < -0.39 is 0 Å². The largest absolute Gasteiger partial charge is 0.461 e. The predicted octanol–water partition coefficient (Wildman–Crippen LogP) is 2.90. The van der Waals surface area contributed by atoms with Gasteiger partial charge in [0.15, 0.2) is 0 Å². The van der Waals surface area contributed by atoms with Crippen molar-refractivity contribution in [1.82, 2.24) is 4.98 Å². The highest BCUT2D eigenvalue weighted by molar-refractivity contribution is 5.93. The van der Waals surface area contributed by atoms with E-state index in [2.05, 4.69) is 4.98 Å². The number of nitrogens with two attached hydrogens (primary N) is 1. The van der Waals surface area contributed by atoms with Crippen LogP contribution in [0.15, 0.2) is 6.07 Å². The summed E-state index contributed by atoms with van der Waals surface area (Å²) in [6.07, 6.45) is 7.57. The number of nitrogen functional groups attached to an aromatic ring is 1. The summed E-state index contributed by atoms with van der Waals surface area (Å²) in [5.74, 6) is 0.372. The normalized spacial score (nSPS) is 16.7. The van der Waals surface area contributed by atoms with Crippen LogP contribution >= 0.6 is 0 Å². The highest BCUT2D eigenvalue weighted by Crippen LogP contribution is 2.27. The first-order valence-corrected chi connectivity index (χ1v) is 6.85. The molecule has 0 radical (unpaired) electrons. The number of nitrogens with one attached hydrogen (secondary N) is 1. The quantitative estimate of drug-likeness (QED) is 0.807. The van der Waals surface area contributed by atoms with E-state index in [-0.39, 0.29) is 5.97 Å². The van der Waals surface area contributed by atoms with Gasteiger partial charge in [0, 0.05) is 5.69 Å². The third-order valence-corrected chi connectivity index (χ3v) is 3.62. The SMILES string of the molecule is CCOC(=O)c1[nH]c(CC2CCCCC2)cc1N. The van der Waals surface area contributed by atoms with Crippen molar-refractivity contribution in [3.63, 3.8) is 0 Å². The Kier molecular flexibility index (Phi) is 4.28. The van der Waals surface area contributed by atoms with Crippen molar-refractivity contribution in [1.29, 1.82) is 0 Å². The Hall–Kier alpha value is -1.45. The molecule has 1 heterocycles. The first kappa shape index (κ1) is 13.0. The average molecular weight is 250 g/mol. The number of rotatable bonds is 4. The van der Waals surface area contributed by atoms with Gasteiger partial charge < -0.3 is 15.5 Å². The molecule has 100 valence electrons. The number of esters is 1. The fourth-order valence-corrected chi connectivity index (χ4v) is 2.71. The second kappa shape index (κ2) is 5.94. The summed E-state index contributed by atoms with van der Waals surface area (Å²) in [5.41, 5.74) is 7.81. The van der Waals surface area contributed by atoms with E-state index in [4.69, 9.17) is 10.5 Å². The highest BCUT2D eigenvalue weighted by atomic mass is 16.5. The van der Waals surface area contributed by atoms with Crippen molar-refractivity contribution in [3.8, 4) is 0 Å². The topological polar surface area (TPSA) is 68.1 Å². The van der Waals surface area contributed by atoms with Crippen LogP contribution in [0.3, 0.4) is 0 Å². The number of aromatic amines is 1. The molecule has 1 fully saturated rings. The third kappa shape index (κ3) is 3.06. The van der Waals surface area contributed by atoms with Crippen molar-refractivity contribution in [2.24, 2.45) is 5.92 Å². The molecule has 4 heteroatoms. The summed E-state index contributed by atoms with van der Waals surface area (Å²) in [5, 5.41) is 0. The Labute approximate surface area is 108 Å². The first-order valence-electron chi connectivity index (χ1n) is 6.85. The molecule has 0 unspecified atom stereocenters. The van der Waals surface area contributed by atoms with Crippen molar-refractivity contribution < 1.29 is 9.53 Å². The van der Waals surface area contributed by atoms with Gasteiger partial charge in [-0.15, -0.1) is 0 Å². The maximum atomic E-state index is 11.6. The minimum Gasteiger partial charge on any atom is -0.461 e. The van der Waals surface area contributed by atoms with E-state index in [1.165, 1.54) is 32.1 Å². The van der Waals surface area contributed by atoms with E-state index in [1.54, 1.807) is 6.92 Å². The molecule has 1 aromatic heterocycles. The summed E-state index contributed by atoms with van der Waals surface area (Å²) in [6, 6.07) is 1.88. The number of hydrogen-bond donors (Lipinski definition) is 2. The number of carbonyl (C=O) groups is 1. The zero-order valence-corrected chi connectivity index (χ0v) is 11.0. The zero-order valence-electron chi connectivity index (χ0n) is 11.0. The molecule has 1 aliphatic rings. The molecule has 0 atom stereocenters. The summed E-state index contributed by atoms with van der Waals surface area (Å²) < 4.78 is 4.96. The van der Waals surface area contributed by atoms with Crippen LogP contribution in [-0.4, -0.2) is 17.6 Å². The van der Waals surface area contributed by atoms with Crippen LogP contribution in [0.5, 0.6) is 0 Å². The van der Waals surface area contributed by atoms with Crippen LogP contribution in [-0.2, 0) is 11.2 Å². The number of ether oxygens (including phenoxy) is 1. The minimum absolute atomic E-state index is 0.357. The summed E-state index contributed by atoms with van der Waals surface area (Å²) in [4.78, 5) is 14.8. The molecule has 0 spiro atoms. The lowest BCUT2D eigenvalue weighted by Crippen LogP contribution is -2.10. The Morgan fingerprint density at radius 3 is 2.83 bits per heavy atom. The zero-order chi connectivity index (χ0) is 13.0. The van der Waals surface area contributed by atoms with Crippen LogP contribution in [0.1, 0.15) is 55.2 Å². The van der Waals surface area contributed by atoms with Crippen LogP contribution in [0.4, 0.5) is 5.69 Å². The number of hydrogen-bond acceptors (Lipinski definition) is 3. The summed E-state index contributed by atoms with van der Waals surface area (Å²) in [7, 11) is 0. The molecule has 3 N–H and O–H groups in total. The van der Waals surface area contributed by atoms with Gasteiger partial charge >= 0.3 is 5.97 Å². The average Bonchev–Trinajstić information content (AvgIpc) is 2.72. The maximum Gasteiger partial charge on any atom is 0.356 e. The molecule has 0 saturated heterocycles. The Morgan fingerprint density at radius 2 is 2.17 bits per heavy atom. The minimum atomic E-state index is -0.357. The number of H-pyrrole nitrogens is 1. The second-order valence-electron chi connectivity index (χ2n) is 5.05. The summed E-state index contributed by atoms with van der Waals surface area (Å²) >= 11 is 0. The van der Waals surface area contributed by atoms with Gasteiger partial charge in [-0.25, -0.2) is 4.79 Å². The fourth-order valence-electron chi connectivity index (χ4n) is 2.71. The number of aromatic nitrogens is 1. The van der Waals surface area contributed by atoms with Crippen LogP contribution < -0.4 is 5.73 Å². The molecule has 1 aliphatic carbocycles. The van der Waals surface area contributed by atoms with E-state index in [1.807, 2.05) is 6.07 Å². The van der Waals surface area contributed by atoms with Crippen LogP contribution in [0, 0.1) is 5.92 Å². The number of carbonyl (C=O) groups excluding carboxylic acids is 1. The molecule has 2 rings (SSSR count). The Morgan fingerprint density at radius 1 is 1.44 bits per heavy atom. The van der Waals surface area contributed by atoms with Gasteiger partial charge in [-0.05, 0) is 25.3 Å². The lowest BCUT2D eigenvalue weighted by Gasteiger charge is -2.20. The third-order valence-electron chi connectivity index (χ3n) is 3.62. The predicted molar refractivity (Wildman–Crippen MR) is 71.4 cm³/mol. The van der Waals surface area contributed by atoms with Gasteiger partial charge in [0.25, 0.3) is 0 Å². The molecule has 1 aromatic rings. The lowest BCUT2D eigenvalue weighted by molar-refractivity contribution is 0.0521. The van der Waals surface area contributed by atoms with Gasteiger partial charge in [0.1, 0.15) is 5.69 Å². The van der Waals surface area contributed by atoms with Gasteiger partial charge in [0.05, 0.1) is 12.3 Å². The summed E-state index contributed by atoms with van der Waals surface area (Å²) in [6.45, 7) is 2.16. The Balaban J connectivity index is 2.01. The Bertz CT molecular complexity index is 406. The highest BCUT2D eigenvalue weighted by Gasteiger charge is 2.18.